The third kappa shape index (κ3) is 4.17. The van der Waals surface area contributed by atoms with Crippen molar-refractivity contribution in [3.8, 4) is 5.75 Å². The molecule has 1 aliphatic heterocycles. The molecule has 0 aromatic heterocycles. The number of rotatable bonds is 5. The van der Waals surface area contributed by atoms with Crippen molar-refractivity contribution in [3.05, 3.63) is 17.2 Å². The number of carbonyl (C=O) groups excluding carboxylic acids is 6. The summed E-state index contributed by atoms with van der Waals surface area (Å²) in [6, 6.07) is -0.0500. The number of likely N-dealkylation sites (N-methyl/N-ethyl adjacent to an activating group) is 1. The van der Waals surface area contributed by atoms with Gasteiger partial charge in [-0.1, -0.05) is 0 Å². The van der Waals surface area contributed by atoms with Gasteiger partial charge in [-0.25, -0.2) is 0 Å². The highest BCUT2D eigenvalue weighted by Gasteiger charge is 2.69. The van der Waals surface area contributed by atoms with E-state index in [2.05, 4.69) is 10.6 Å². The van der Waals surface area contributed by atoms with Crippen LogP contribution in [0.1, 0.15) is 35.2 Å². The summed E-state index contributed by atoms with van der Waals surface area (Å²) in [7, 11) is 6.55. The lowest BCUT2D eigenvalue weighted by Gasteiger charge is -2.52. The molecular weight excluding hydrogens is 534 g/mol. The van der Waals surface area contributed by atoms with Gasteiger partial charge >= 0.3 is 0 Å². The first-order valence-corrected chi connectivity index (χ1v) is 13.7. The number of nitrogens with two attached hydrogens (primary N) is 1. The molecule has 7 atom stereocenters. The Morgan fingerprint density at radius 3 is 2.37 bits per heavy atom. The number of amides is 2. The maximum Gasteiger partial charge on any atom is 0.241 e. The van der Waals surface area contributed by atoms with Crippen molar-refractivity contribution in [2.75, 3.05) is 45.0 Å². The van der Waals surface area contributed by atoms with Crippen LogP contribution in [0.3, 0.4) is 0 Å². The summed E-state index contributed by atoms with van der Waals surface area (Å²) in [4.78, 5) is 82.9. The number of anilines is 2. The highest BCUT2D eigenvalue weighted by molar-refractivity contribution is 6.32. The zero-order valence-electron chi connectivity index (χ0n) is 23.4. The van der Waals surface area contributed by atoms with Gasteiger partial charge in [0, 0.05) is 25.7 Å². The number of phenols is 1. The average Bonchev–Trinajstić information content (AvgIpc) is 3.42. The Morgan fingerprint density at radius 2 is 1.80 bits per heavy atom. The molecule has 2 saturated carbocycles. The number of primary amides is 1. The molecule has 5 rings (SSSR count). The molecule has 6 N–H and O–H groups in total. The Labute approximate surface area is 236 Å². The van der Waals surface area contributed by atoms with Gasteiger partial charge in [0.15, 0.2) is 34.7 Å². The van der Waals surface area contributed by atoms with E-state index >= 15 is 0 Å². The summed E-state index contributed by atoms with van der Waals surface area (Å²) in [5.41, 5.74) is 3.40. The number of benzene rings is 1. The molecule has 0 spiro atoms. The Balaban J connectivity index is 1.61. The summed E-state index contributed by atoms with van der Waals surface area (Å²) < 4.78 is 0. The second kappa shape index (κ2) is 10.00. The molecule has 1 aromatic rings. The first-order chi connectivity index (χ1) is 19.2. The molecule has 41 heavy (non-hydrogen) atoms. The largest absolute Gasteiger partial charge is 0.505 e. The SMILES string of the molecule is CN(C)c1cc(NC(=O)C2CCCN2)c(O)c2c1C[C@H]1C[C@H]3[C@H](N(C)C)C(=O)C(C(N)=O)C(=O)[C@@]3(O)C(=O)C1C2=O. The fraction of sp³-hybridized carbons (Fsp3) is 0.571. The number of aromatic hydroxyl groups is 1. The van der Waals surface area contributed by atoms with E-state index in [1.165, 1.54) is 19.0 Å². The summed E-state index contributed by atoms with van der Waals surface area (Å²) in [6.07, 6.45) is 1.53. The molecule has 2 amide bonds. The van der Waals surface area contributed by atoms with Crippen LogP contribution in [0.25, 0.3) is 0 Å². The lowest BCUT2D eigenvalue weighted by molar-refractivity contribution is -0.181. The molecule has 1 heterocycles. The summed E-state index contributed by atoms with van der Waals surface area (Å²) in [5.74, 6) is -11.6. The Hall–Kier alpha value is -3.68. The van der Waals surface area contributed by atoms with Gasteiger partial charge in [-0.15, -0.1) is 0 Å². The first kappa shape index (κ1) is 28.8. The van der Waals surface area contributed by atoms with Crippen molar-refractivity contribution >= 4 is 46.3 Å². The molecule has 0 radical (unpaired) electrons. The number of hydrogen-bond acceptors (Lipinski definition) is 11. The predicted octanol–water partition coefficient (Wildman–Crippen LogP) is -1.38. The molecule has 13 nitrogen and oxygen atoms in total. The van der Waals surface area contributed by atoms with Crippen molar-refractivity contribution in [2.24, 2.45) is 29.4 Å². The minimum absolute atomic E-state index is 0.00130. The van der Waals surface area contributed by atoms with Crippen LogP contribution in [0, 0.1) is 23.7 Å². The fourth-order valence-corrected chi connectivity index (χ4v) is 7.27. The molecule has 3 fully saturated rings. The van der Waals surface area contributed by atoms with Crippen LogP contribution in [0.5, 0.6) is 5.75 Å². The number of ketones is 4. The zero-order valence-corrected chi connectivity index (χ0v) is 23.4. The van der Waals surface area contributed by atoms with Crippen molar-refractivity contribution in [1.82, 2.24) is 10.2 Å². The van der Waals surface area contributed by atoms with Gasteiger partial charge in [-0.3, -0.25) is 33.7 Å². The van der Waals surface area contributed by atoms with E-state index in [1.54, 1.807) is 25.1 Å². The highest BCUT2D eigenvalue weighted by atomic mass is 16.3. The molecule has 220 valence electrons. The number of phenolic OH excluding ortho intramolecular Hbond substituents is 1. The molecule has 0 bridgehead atoms. The number of fused-ring (bicyclic) bond motifs is 3. The second-order valence-corrected chi connectivity index (χ2v) is 12.0. The standard InChI is InChI=1S/C28H35N5O8/c1-32(2)16-10-15(31-27(40)14-6-5-7-30-14)21(34)18-12(16)8-11-9-13-20(33(3)4)23(36)19(26(29)39)25(38)28(13,41)24(37)17(11)22(18)35/h10-11,13-14,17,19-20,30,34,41H,5-9H2,1-4H3,(H2,29,39)(H,31,40)/t11-,13-,14?,17?,19?,20-,28-/m0/s1. The maximum atomic E-state index is 14.1. The number of Topliss-reactive ketones (excluding diaryl/α,β-unsaturated/α-hetero) is 4. The topological polar surface area (TPSA) is 199 Å². The van der Waals surface area contributed by atoms with Crippen LogP contribution >= 0.6 is 0 Å². The number of aliphatic hydroxyl groups is 1. The van der Waals surface area contributed by atoms with Gasteiger partial charge in [-0.05, 0) is 63.9 Å². The molecule has 3 aliphatic carbocycles. The molecule has 4 aliphatic rings. The van der Waals surface area contributed by atoms with Crippen LogP contribution in [-0.2, 0) is 30.4 Å². The lowest BCUT2D eigenvalue weighted by Crippen LogP contribution is -2.74. The van der Waals surface area contributed by atoms with E-state index in [-0.39, 0.29) is 30.0 Å². The smallest absolute Gasteiger partial charge is 0.241 e. The Morgan fingerprint density at radius 1 is 1.12 bits per heavy atom. The average molecular weight is 570 g/mol. The first-order valence-electron chi connectivity index (χ1n) is 13.7. The number of carbonyl (C=O) groups is 6. The fourth-order valence-electron chi connectivity index (χ4n) is 7.27. The van der Waals surface area contributed by atoms with Gasteiger partial charge in [0.05, 0.1) is 29.3 Å². The van der Waals surface area contributed by atoms with Gasteiger partial charge < -0.3 is 31.5 Å². The third-order valence-corrected chi connectivity index (χ3v) is 9.15. The van der Waals surface area contributed by atoms with Crippen LogP contribution in [0.4, 0.5) is 11.4 Å². The summed E-state index contributed by atoms with van der Waals surface area (Å²) in [5, 5.41) is 28.8. The molecule has 3 unspecified atom stereocenters. The summed E-state index contributed by atoms with van der Waals surface area (Å²) in [6.45, 7) is 0.681. The quantitative estimate of drug-likeness (QED) is 0.207. The van der Waals surface area contributed by atoms with Gasteiger partial charge in [-0.2, -0.15) is 0 Å². The minimum Gasteiger partial charge on any atom is -0.505 e. The number of nitrogens with zero attached hydrogens (tertiary/aromatic N) is 2. The van der Waals surface area contributed by atoms with Gasteiger partial charge in [0.25, 0.3) is 0 Å². The van der Waals surface area contributed by atoms with Crippen molar-refractivity contribution in [3.63, 3.8) is 0 Å². The maximum absolute atomic E-state index is 14.1. The lowest BCUT2D eigenvalue weighted by atomic mass is 9.52. The zero-order chi connectivity index (χ0) is 30.1. The third-order valence-electron chi connectivity index (χ3n) is 9.15. The van der Waals surface area contributed by atoms with Gasteiger partial charge in [0.2, 0.25) is 11.8 Å². The van der Waals surface area contributed by atoms with E-state index in [0.717, 1.165) is 6.42 Å². The highest BCUT2D eigenvalue weighted by Crippen LogP contribution is 2.52. The Kier molecular flexibility index (Phi) is 7.03. The van der Waals surface area contributed by atoms with Crippen LogP contribution < -0.4 is 21.3 Å². The molecular formula is C28H35N5O8. The van der Waals surface area contributed by atoms with E-state index in [0.29, 0.717) is 24.2 Å². The molecule has 1 saturated heterocycles. The van der Waals surface area contributed by atoms with E-state index in [4.69, 9.17) is 5.73 Å². The van der Waals surface area contributed by atoms with E-state index in [9.17, 15) is 39.0 Å². The van der Waals surface area contributed by atoms with Crippen LogP contribution in [-0.4, -0.2) is 102 Å². The van der Waals surface area contributed by atoms with Crippen LogP contribution in [0.15, 0.2) is 6.07 Å². The molecule has 13 heteroatoms. The number of nitrogens with one attached hydrogen (secondary N) is 2. The van der Waals surface area contributed by atoms with Crippen molar-refractivity contribution < 1.29 is 39.0 Å². The summed E-state index contributed by atoms with van der Waals surface area (Å²) >= 11 is 0. The molecule has 1 aromatic carbocycles. The van der Waals surface area contributed by atoms with Crippen molar-refractivity contribution in [1.29, 1.82) is 0 Å². The Bertz CT molecular complexity index is 1380. The van der Waals surface area contributed by atoms with E-state index in [1.807, 2.05) is 0 Å². The normalized spacial score (nSPS) is 32.8. The second-order valence-electron chi connectivity index (χ2n) is 12.0. The van der Waals surface area contributed by atoms with E-state index < -0.39 is 76.1 Å². The number of hydrogen-bond donors (Lipinski definition) is 5. The minimum atomic E-state index is -2.79. The van der Waals surface area contributed by atoms with Crippen molar-refractivity contribution in [2.45, 2.75) is 43.4 Å². The predicted molar refractivity (Wildman–Crippen MR) is 145 cm³/mol. The van der Waals surface area contributed by atoms with Gasteiger partial charge in [0.1, 0.15) is 5.75 Å². The van der Waals surface area contributed by atoms with Crippen LogP contribution in [0.2, 0.25) is 0 Å². The monoisotopic (exact) mass is 569 g/mol.